The summed E-state index contributed by atoms with van der Waals surface area (Å²) in [5.41, 5.74) is 30.3. The van der Waals surface area contributed by atoms with Gasteiger partial charge in [0.1, 0.15) is 30.0 Å². The molecule has 12 atom stereocenters. The predicted octanol–water partition coefficient (Wildman–Crippen LogP) is -0.738. The molecular formula is C60H102N12O13. The number of hydrogen-bond donors (Lipinski definition) is 14. The van der Waals surface area contributed by atoms with Gasteiger partial charge in [-0.3, -0.25) is 52.7 Å². The second kappa shape index (κ2) is 41.1. The van der Waals surface area contributed by atoms with Crippen molar-refractivity contribution in [2.45, 2.75) is 205 Å². The topological polar surface area (TPSA) is 443 Å². The van der Waals surface area contributed by atoms with E-state index in [1.54, 1.807) is 30.3 Å². The third-order valence-corrected chi connectivity index (χ3v) is 15.2. The summed E-state index contributed by atoms with van der Waals surface area (Å²) >= 11 is 0. The number of benzene rings is 1. The Bertz CT molecular complexity index is 2290. The number of hydrogen-bond acceptors (Lipinski definition) is 18. The van der Waals surface area contributed by atoms with Gasteiger partial charge in [0.05, 0.1) is 24.3 Å². The first-order chi connectivity index (χ1) is 40.4. The molecule has 1 aliphatic heterocycles. The Hall–Kier alpha value is -6.09. The van der Waals surface area contributed by atoms with Gasteiger partial charge < -0.3 is 76.1 Å². The average molecular weight is 1200 g/mol. The Morgan fingerprint density at radius 3 is 1.71 bits per heavy atom. The molecule has 1 saturated heterocycles. The number of rotatable bonds is 32. The van der Waals surface area contributed by atoms with E-state index in [2.05, 4.69) is 44.1 Å². The molecule has 0 saturated carbocycles. The van der Waals surface area contributed by atoms with E-state index in [0.717, 1.165) is 32.1 Å². The second-order valence-corrected chi connectivity index (χ2v) is 23.0. The first kappa shape index (κ1) is 75.0. The standard InChI is InChI=1S/C60H102N12O13/c1-6-7-8-9-10-14-17-44(75)32-40(18-24-61)55(80)71-52(37(4)73)51(78)34-42(20-26-63)54(79)69-47-23-29-66-60(85)53(38(5)74)72-56(81)41(19-25-62)33-49(76)45(21-27-64)68-59(84)48(30-36(2)3)70-57(82)43(31-39-15-12-11-13-16-39)35-50(77)46(22-28-65)67-58(47)83/h11-13,15-16,36-38,40-43,45-48,52-53,73-74H,6-10,14,17-35,61-65H2,1-5H3,(H,66,85)(H,67,83)(H,68,84)(H,69,79)(H,70,82)(H,71,80)(H,72,81)/t37-,38-,40-,41-,42-,43+,45+,46+,47+,48+,52+,53+/m1/s1. The lowest BCUT2D eigenvalue weighted by molar-refractivity contribution is -0.137. The van der Waals surface area contributed by atoms with Crippen LogP contribution in [0.5, 0.6) is 0 Å². The Morgan fingerprint density at radius 1 is 0.612 bits per heavy atom. The monoisotopic (exact) mass is 1200 g/mol. The minimum Gasteiger partial charge on any atom is -0.391 e. The van der Waals surface area contributed by atoms with Gasteiger partial charge in [0, 0.05) is 62.3 Å². The van der Waals surface area contributed by atoms with Crippen LogP contribution in [0.3, 0.4) is 0 Å². The van der Waals surface area contributed by atoms with Crippen molar-refractivity contribution in [1.29, 1.82) is 0 Å². The molecule has 1 fully saturated rings. The molecule has 0 spiro atoms. The molecule has 1 aliphatic rings. The first-order valence-corrected chi connectivity index (χ1v) is 30.5. The molecule has 1 heterocycles. The molecule has 1 aromatic rings. The van der Waals surface area contributed by atoms with Crippen molar-refractivity contribution in [1.82, 2.24) is 37.2 Å². The number of carbonyl (C=O) groups is 11. The third-order valence-electron chi connectivity index (χ3n) is 15.2. The summed E-state index contributed by atoms with van der Waals surface area (Å²) in [5.74, 6) is -12.4. The van der Waals surface area contributed by atoms with Gasteiger partial charge in [-0.25, -0.2) is 0 Å². The highest BCUT2D eigenvalue weighted by atomic mass is 16.3. The van der Waals surface area contributed by atoms with Gasteiger partial charge in [-0.05, 0) is 116 Å². The molecule has 7 amide bonds. The maximum Gasteiger partial charge on any atom is 0.245 e. The molecule has 25 heteroatoms. The Morgan fingerprint density at radius 2 is 1.15 bits per heavy atom. The number of nitrogens with one attached hydrogen (secondary N) is 7. The van der Waals surface area contributed by atoms with E-state index < -0.39 is 163 Å². The Balaban J connectivity index is 2.67. The van der Waals surface area contributed by atoms with Crippen molar-refractivity contribution in [3.63, 3.8) is 0 Å². The molecule has 25 nitrogen and oxygen atoms in total. The highest BCUT2D eigenvalue weighted by Gasteiger charge is 2.38. The zero-order valence-corrected chi connectivity index (χ0v) is 50.8. The first-order valence-electron chi connectivity index (χ1n) is 30.5. The molecule has 85 heavy (non-hydrogen) atoms. The molecule has 480 valence electrons. The number of aliphatic hydroxyl groups is 2. The van der Waals surface area contributed by atoms with Crippen molar-refractivity contribution in [2.75, 3.05) is 39.3 Å². The van der Waals surface area contributed by atoms with Crippen molar-refractivity contribution in [3.05, 3.63) is 35.9 Å². The molecule has 19 N–H and O–H groups in total. The highest BCUT2D eigenvalue weighted by Crippen LogP contribution is 2.21. The SMILES string of the molecule is CCCCCCCCC(=O)C[C@@H](CCN)C(=O)N[C@H](C(=O)C[C@@H](CCN)C(=O)N[C@H]1CCNC(=O)[C@H]([C@@H](C)O)NC(=O)[C@H](CCN)CC(=O)[C@H](CCN)NC(=O)[C@H](CC(C)C)NC(=O)[C@@H](Cc2ccccc2)CC(=O)[C@H](CCN)NC1=O)[C@@H](C)O. The predicted molar refractivity (Wildman–Crippen MR) is 321 cm³/mol. The van der Waals surface area contributed by atoms with Gasteiger partial charge in [0.25, 0.3) is 0 Å². The smallest absolute Gasteiger partial charge is 0.245 e. The number of unbranched alkanes of at least 4 members (excludes halogenated alkanes) is 5. The lowest BCUT2D eigenvalue weighted by Crippen LogP contribution is -2.56. The zero-order chi connectivity index (χ0) is 63.6. The Kier molecular flexibility index (Phi) is 36.3. The van der Waals surface area contributed by atoms with E-state index in [1.807, 2.05) is 13.8 Å². The number of Topliss-reactive ketones (excluding diaryl/α,β-unsaturated/α-hetero) is 4. The van der Waals surface area contributed by atoms with Crippen LogP contribution in [0.1, 0.15) is 156 Å². The van der Waals surface area contributed by atoms with Crippen molar-refractivity contribution < 1.29 is 63.0 Å². The van der Waals surface area contributed by atoms with Gasteiger partial charge in [-0.2, -0.15) is 0 Å². The largest absolute Gasteiger partial charge is 0.391 e. The fourth-order valence-corrected chi connectivity index (χ4v) is 10.3. The van der Waals surface area contributed by atoms with E-state index in [9.17, 15) is 63.0 Å². The fourth-order valence-electron chi connectivity index (χ4n) is 10.3. The molecular weight excluding hydrogens is 1100 g/mol. The normalized spacial score (nSPS) is 22.8. The highest BCUT2D eigenvalue weighted by molar-refractivity contribution is 5.99. The van der Waals surface area contributed by atoms with Crippen LogP contribution in [-0.2, 0) is 59.2 Å². The van der Waals surface area contributed by atoms with Crippen LogP contribution in [0.25, 0.3) is 0 Å². The lowest BCUT2D eigenvalue weighted by atomic mass is 9.89. The minimum absolute atomic E-state index is 0.0105. The van der Waals surface area contributed by atoms with Crippen LogP contribution in [0.2, 0.25) is 0 Å². The minimum atomic E-state index is -1.62. The quantitative estimate of drug-likeness (QED) is 0.0395. The van der Waals surface area contributed by atoms with Gasteiger partial charge in [-0.1, -0.05) is 83.2 Å². The summed E-state index contributed by atoms with van der Waals surface area (Å²) in [4.78, 5) is 155. The van der Waals surface area contributed by atoms with Crippen LogP contribution >= 0.6 is 0 Å². The van der Waals surface area contributed by atoms with E-state index in [0.29, 0.717) is 12.0 Å². The van der Waals surface area contributed by atoms with Crippen LogP contribution < -0.4 is 65.9 Å². The van der Waals surface area contributed by atoms with Crippen LogP contribution in [0, 0.1) is 29.6 Å². The molecule has 1 aromatic carbocycles. The van der Waals surface area contributed by atoms with Crippen molar-refractivity contribution in [3.8, 4) is 0 Å². The molecule has 2 rings (SSSR count). The third kappa shape index (κ3) is 27.9. The van der Waals surface area contributed by atoms with Gasteiger partial charge in [-0.15, -0.1) is 0 Å². The van der Waals surface area contributed by atoms with Gasteiger partial charge >= 0.3 is 0 Å². The van der Waals surface area contributed by atoms with Gasteiger partial charge in [0.15, 0.2) is 17.3 Å². The van der Waals surface area contributed by atoms with Crippen molar-refractivity contribution in [2.24, 2.45) is 58.3 Å². The second-order valence-electron chi connectivity index (χ2n) is 23.0. The van der Waals surface area contributed by atoms with Crippen LogP contribution in [0.4, 0.5) is 0 Å². The number of nitrogens with two attached hydrogens (primary N) is 5. The summed E-state index contributed by atoms with van der Waals surface area (Å²) in [6, 6.07) is 0.223. The number of ketones is 4. The summed E-state index contributed by atoms with van der Waals surface area (Å²) in [5, 5.41) is 40.1. The summed E-state index contributed by atoms with van der Waals surface area (Å²) in [6.45, 7) is 7.52. The number of carbonyl (C=O) groups excluding carboxylic acids is 11. The molecule has 0 aromatic heterocycles. The Labute approximate surface area is 501 Å². The number of amides is 7. The van der Waals surface area contributed by atoms with Crippen molar-refractivity contribution >= 4 is 64.5 Å². The maximum absolute atomic E-state index is 14.6. The van der Waals surface area contributed by atoms with Gasteiger partial charge in [0.2, 0.25) is 41.4 Å². The summed E-state index contributed by atoms with van der Waals surface area (Å²) < 4.78 is 0. The van der Waals surface area contributed by atoms with E-state index >= 15 is 0 Å². The maximum atomic E-state index is 14.6. The number of aliphatic hydroxyl groups excluding tert-OH is 2. The zero-order valence-electron chi connectivity index (χ0n) is 50.8. The van der Waals surface area contributed by atoms with Crippen LogP contribution in [0.15, 0.2) is 30.3 Å². The molecule has 0 bridgehead atoms. The summed E-state index contributed by atoms with van der Waals surface area (Å²) in [6.07, 6.45) is 0.894. The fraction of sp³-hybridized carbons (Fsp3) is 0.717. The average Bonchev–Trinajstić information content (AvgIpc) is 3.66. The molecule has 0 radical (unpaired) electrons. The summed E-state index contributed by atoms with van der Waals surface area (Å²) in [7, 11) is 0. The molecule has 0 unspecified atom stereocenters. The van der Waals surface area contributed by atoms with E-state index in [-0.39, 0.29) is 102 Å². The lowest BCUT2D eigenvalue weighted by Gasteiger charge is -2.28. The van der Waals surface area contributed by atoms with E-state index in [4.69, 9.17) is 28.7 Å². The molecule has 0 aliphatic carbocycles. The van der Waals surface area contributed by atoms with E-state index in [1.165, 1.54) is 13.8 Å². The van der Waals surface area contributed by atoms with Crippen LogP contribution in [-0.4, -0.2) is 162 Å².